The molecule has 10 heavy (non-hydrogen) atoms. The van der Waals surface area contributed by atoms with Crippen molar-refractivity contribution in [2.75, 3.05) is 7.11 Å². The summed E-state index contributed by atoms with van der Waals surface area (Å²) in [6, 6.07) is 10.4. The Bertz CT molecular complexity index is 206. The van der Waals surface area contributed by atoms with Gasteiger partial charge in [-0.05, 0) is 17.7 Å². The molecular formula is C8H8NO. The largest absolute Gasteiger partial charge is 0.399 e. The van der Waals surface area contributed by atoms with E-state index in [0.29, 0.717) is 0 Å². The lowest BCUT2D eigenvalue weighted by Gasteiger charge is -1.87. The predicted molar refractivity (Wildman–Crippen MR) is 39.9 cm³/mol. The molecule has 2 heteroatoms. The summed E-state index contributed by atoms with van der Waals surface area (Å²) in [5, 5.41) is 3.60. The monoisotopic (exact) mass is 134 g/mol. The lowest BCUT2D eigenvalue weighted by Crippen LogP contribution is -1.79. The van der Waals surface area contributed by atoms with Crippen LogP contribution in [-0.4, -0.2) is 13.3 Å². The van der Waals surface area contributed by atoms with Gasteiger partial charge < -0.3 is 4.84 Å². The zero-order valence-electron chi connectivity index (χ0n) is 5.74. The van der Waals surface area contributed by atoms with Crippen LogP contribution in [0.4, 0.5) is 0 Å². The van der Waals surface area contributed by atoms with Crippen LogP contribution in [0, 0.1) is 6.07 Å². The average molecular weight is 134 g/mol. The third-order valence-electron chi connectivity index (χ3n) is 1.04. The molecule has 0 atom stereocenters. The third kappa shape index (κ3) is 1.90. The molecule has 0 spiro atoms. The number of hydrogen-bond donors (Lipinski definition) is 0. The molecule has 1 aromatic rings. The van der Waals surface area contributed by atoms with Gasteiger partial charge >= 0.3 is 0 Å². The Labute approximate surface area is 60.1 Å². The summed E-state index contributed by atoms with van der Waals surface area (Å²) in [5.74, 6) is 0. The summed E-state index contributed by atoms with van der Waals surface area (Å²) in [7, 11) is 1.52. The fraction of sp³-hybridized carbons (Fsp3) is 0.125. The fourth-order valence-corrected chi connectivity index (χ4v) is 0.601. The third-order valence-corrected chi connectivity index (χ3v) is 1.04. The van der Waals surface area contributed by atoms with Gasteiger partial charge in [-0.3, -0.25) is 0 Å². The maximum atomic E-state index is 4.50. The van der Waals surface area contributed by atoms with Gasteiger partial charge in [0, 0.05) is 0 Å². The number of nitrogens with zero attached hydrogens (tertiary/aromatic N) is 1. The molecule has 51 valence electrons. The van der Waals surface area contributed by atoms with Crippen LogP contribution < -0.4 is 0 Å². The van der Waals surface area contributed by atoms with Gasteiger partial charge in [0.25, 0.3) is 0 Å². The van der Waals surface area contributed by atoms with Crippen molar-refractivity contribution in [3.63, 3.8) is 0 Å². The first-order chi connectivity index (χ1) is 4.93. The molecule has 0 fully saturated rings. The molecule has 0 N–H and O–H groups in total. The lowest BCUT2D eigenvalue weighted by molar-refractivity contribution is 0.215. The minimum atomic E-state index is 0.990. The molecule has 0 amide bonds. The summed E-state index contributed by atoms with van der Waals surface area (Å²) in [4.78, 5) is 4.50. The Kier molecular flexibility index (Phi) is 2.49. The van der Waals surface area contributed by atoms with Gasteiger partial charge in [0.1, 0.15) is 7.11 Å². The van der Waals surface area contributed by atoms with E-state index in [4.69, 9.17) is 0 Å². The van der Waals surface area contributed by atoms with Gasteiger partial charge in [-0.2, -0.15) is 0 Å². The molecule has 0 saturated heterocycles. The molecule has 0 aromatic heterocycles. The van der Waals surface area contributed by atoms with Crippen LogP contribution >= 0.6 is 0 Å². The van der Waals surface area contributed by atoms with Crippen molar-refractivity contribution >= 4 is 6.21 Å². The summed E-state index contributed by atoms with van der Waals surface area (Å²) >= 11 is 0. The van der Waals surface area contributed by atoms with Crippen molar-refractivity contribution in [2.24, 2.45) is 5.16 Å². The first-order valence-electron chi connectivity index (χ1n) is 2.96. The molecule has 0 aliphatic heterocycles. The van der Waals surface area contributed by atoms with E-state index in [1.165, 1.54) is 7.11 Å². The molecule has 0 saturated carbocycles. The maximum Gasteiger partial charge on any atom is 0.106 e. The van der Waals surface area contributed by atoms with Crippen molar-refractivity contribution in [3.8, 4) is 0 Å². The highest BCUT2D eigenvalue weighted by Gasteiger charge is 1.81. The molecule has 1 aromatic carbocycles. The highest BCUT2D eigenvalue weighted by Crippen LogP contribution is 1.92. The number of rotatable bonds is 2. The quantitative estimate of drug-likeness (QED) is 0.443. The average Bonchev–Trinajstić information content (AvgIpc) is 2.03. The zero-order valence-corrected chi connectivity index (χ0v) is 5.74. The summed E-state index contributed by atoms with van der Waals surface area (Å²) in [6.07, 6.45) is 1.64. The van der Waals surface area contributed by atoms with Gasteiger partial charge in [0.15, 0.2) is 0 Å². The van der Waals surface area contributed by atoms with Crippen molar-refractivity contribution in [2.45, 2.75) is 0 Å². The van der Waals surface area contributed by atoms with E-state index in [-0.39, 0.29) is 0 Å². The van der Waals surface area contributed by atoms with Crippen LogP contribution in [0.2, 0.25) is 0 Å². The van der Waals surface area contributed by atoms with Crippen LogP contribution in [0.15, 0.2) is 29.4 Å². The second-order valence-electron chi connectivity index (χ2n) is 1.75. The van der Waals surface area contributed by atoms with Crippen LogP contribution in [0.25, 0.3) is 0 Å². The van der Waals surface area contributed by atoms with Gasteiger partial charge in [-0.15, -0.1) is 0 Å². The molecule has 0 bridgehead atoms. The highest BCUT2D eigenvalue weighted by atomic mass is 16.6. The van der Waals surface area contributed by atoms with Gasteiger partial charge in [-0.1, -0.05) is 23.4 Å². The van der Waals surface area contributed by atoms with E-state index < -0.39 is 0 Å². The molecule has 2 nitrogen and oxygen atoms in total. The van der Waals surface area contributed by atoms with Crippen molar-refractivity contribution < 1.29 is 4.84 Å². The SMILES string of the molecule is CO/N=C/c1c[c]ccc1. The molecule has 1 radical (unpaired) electrons. The zero-order chi connectivity index (χ0) is 7.23. The number of hydrogen-bond acceptors (Lipinski definition) is 2. The second-order valence-corrected chi connectivity index (χ2v) is 1.75. The molecule has 0 heterocycles. The first kappa shape index (κ1) is 6.81. The Hall–Kier alpha value is -1.31. The molecule has 1 rings (SSSR count). The Morgan fingerprint density at radius 2 is 2.60 bits per heavy atom. The van der Waals surface area contributed by atoms with E-state index in [2.05, 4.69) is 16.1 Å². The van der Waals surface area contributed by atoms with Gasteiger partial charge in [0.05, 0.1) is 6.21 Å². The van der Waals surface area contributed by atoms with E-state index in [1.54, 1.807) is 6.21 Å². The fourth-order valence-electron chi connectivity index (χ4n) is 0.601. The van der Waals surface area contributed by atoms with E-state index >= 15 is 0 Å². The second kappa shape index (κ2) is 3.67. The topological polar surface area (TPSA) is 21.6 Å². The summed E-state index contributed by atoms with van der Waals surface area (Å²) < 4.78 is 0. The smallest absolute Gasteiger partial charge is 0.106 e. The summed E-state index contributed by atoms with van der Waals surface area (Å²) in [6.45, 7) is 0. The standard InChI is InChI=1S/C8H8NO/c1-10-9-7-8-5-3-2-4-6-8/h2-3,5-7H,1H3/b9-7+. The number of benzene rings is 1. The molecule has 0 aliphatic rings. The molecule has 0 unspecified atom stereocenters. The van der Waals surface area contributed by atoms with E-state index in [9.17, 15) is 0 Å². The van der Waals surface area contributed by atoms with Crippen LogP contribution in [0.1, 0.15) is 5.56 Å². The Morgan fingerprint density at radius 1 is 1.70 bits per heavy atom. The Balaban J connectivity index is 2.67. The van der Waals surface area contributed by atoms with Crippen LogP contribution in [0.5, 0.6) is 0 Å². The normalized spacial score (nSPS) is 10.1. The van der Waals surface area contributed by atoms with Crippen molar-refractivity contribution in [3.05, 3.63) is 35.9 Å². The molecular weight excluding hydrogens is 126 g/mol. The lowest BCUT2D eigenvalue weighted by atomic mass is 10.2. The number of oxime groups is 1. The first-order valence-corrected chi connectivity index (χ1v) is 2.96. The predicted octanol–water partition coefficient (Wildman–Crippen LogP) is 1.47. The van der Waals surface area contributed by atoms with E-state index in [1.807, 2.05) is 24.3 Å². The Morgan fingerprint density at radius 3 is 3.20 bits per heavy atom. The highest BCUT2D eigenvalue weighted by molar-refractivity contribution is 5.78. The molecule has 0 aliphatic carbocycles. The minimum Gasteiger partial charge on any atom is -0.399 e. The van der Waals surface area contributed by atoms with Crippen molar-refractivity contribution in [1.29, 1.82) is 0 Å². The van der Waals surface area contributed by atoms with Crippen LogP contribution in [-0.2, 0) is 4.84 Å². The van der Waals surface area contributed by atoms with E-state index in [0.717, 1.165) is 5.56 Å². The summed E-state index contributed by atoms with van der Waals surface area (Å²) in [5.41, 5.74) is 0.990. The minimum absolute atomic E-state index is 0.990. The van der Waals surface area contributed by atoms with Gasteiger partial charge in [0.2, 0.25) is 0 Å². The van der Waals surface area contributed by atoms with Crippen LogP contribution in [0.3, 0.4) is 0 Å². The maximum absolute atomic E-state index is 4.50. The van der Waals surface area contributed by atoms with Gasteiger partial charge in [-0.25, -0.2) is 0 Å². The van der Waals surface area contributed by atoms with Crippen molar-refractivity contribution in [1.82, 2.24) is 0 Å².